The predicted octanol–water partition coefficient (Wildman–Crippen LogP) is 2.51. The Labute approximate surface area is 239 Å². The highest BCUT2D eigenvalue weighted by atomic mass is 35.5. The van der Waals surface area contributed by atoms with E-state index in [4.69, 9.17) is 35.9 Å². The molecule has 1 saturated heterocycles. The molecule has 1 aromatic carbocycles. The standard InChI is InChI=1S/C23H31ClN7O9P/c1-4-37-21(34)16(11-13(2)3)28-41(36,40-15-7-5-14(24)6-8-15)38-12-23(29-30-26)19(33)18(32)20(39-23)31-10-9-17(25)27-22(31)35/h5-10,13,16,18-20,32-33H,4,11-12H2,1-3H3,(H,28,36)(H2,25,27,35)/t16-,18+,19-,20+,23+,41?/m0/s1. The Morgan fingerprint density at radius 2 is 2.05 bits per heavy atom. The van der Waals surface area contributed by atoms with Gasteiger partial charge in [0.1, 0.15) is 29.8 Å². The molecule has 6 atom stereocenters. The van der Waals surface area contributed by atoms with E-state index in [-0.39, 0.29) is 30.5 Å². The van der Waals surface area contributed by atoms with Crippen molar-refractivity contribution >= 4 is 31.1 Å². The molecule has 1 aliphatic rings. The van der Waals surface area contributed by atoms with Gasteiger partial charge < -0.3 is 29.9 Å². The van der Waals surface area contributed by atoms with Gasteiger partial charge in [-0.3, -0.25) is 13.9 Å². The van der Waals surface area contributed by atoms with Crippen molar-refractivity contribution < 1.29 is 38.1 Å². The summed E-state index contributed by atoms with van der Waals surface area (Å²) < 4.78 is 36.9. The second-order valence-corrected chi connectivity index (χ2v) is 11.5. The summed E-state index contributed by atoms with van der Waals surface area (Å²) >= 11 is 5.93. The number of nitrogens with zero attached hydrogens (tertiary/aromatic N) is 5. The van der Waals surface area contributed by atoms with E-state index >= 15 is 0 Å². The van der Waals surface area contributed by atoms with Crippen LogP contribution in [0.15, 0.2) is 46.4 Å². The van der Waals surface area contributed by atoms with Crippen molar-refractivity contribution in [3.63, 3.8) is 0 Å². The number of nitrogens with two attached hydrogens (primary N) is 1. The highest BCUT2D eigenvalue weighted by Crippen LogP contribution is 2.48. The number of nitrogens with one attached hydrogen (secondary N) is 1. The lowest BCUT2D eigenvalue weighted by Crippen LogP contribution is -2.46. The Morgan fingerprint density at radius 3 is 2.63 bits per heavy atom. The van der Waals surface area contributed by atoms with Gasteiger partial charge in [-0.15, -0.1) is 0 Å². The molecule has 1 unspecified atom stereocenters. The fourth-order valence-electron chi connectivity index (χ4n) is 3.93. The molecule has 0 spiro atoms. The number of aliphatic hydroxyl groups excluding tert-OH is 2. The van der Waals surface area contributed by atoms with Crippen LogP contribution in [0.2, 0.25) is 5.02 Å². The van der Waals surface area contributed by atoms with Crippen molar-refractivity contribution in [2.45, 2.75) is 57.4 Å². The minimum Gasteiger partial charge on any atom is -0.465 e. The lowest BCUT2D eigenvalue weighted by Gasteiger charge is -2.30. The quantitative estimate of drug-likeness (QED) is 0.0836. The number of hydrogen-bond donors (Lipinski definition) is 4. The normalized spacial score (nSPS) is 24.3. The first kappa shape index (κ1) is 32.3. The molecular weight excluding hydrogens is 585 g/mol. The van der Waals surface area contributed by atoms with Gasteiger partial charge >= 0.3 is 19.4 Å². The van der Waals surface area contributed by atoms with Gasteiger partial charge in [-0.25, -0.2) is 9.36 Å². The van der Waals surface area contributed by atoms with Crippen LogP contribution in [0.3, 0.4) is 0 Å². The molecule has 41 heavy (non-hydrogen) atoms. The van der Waals surface area contributed by atoms with E-state index in [0.29, 0.717) is 5.02 Å². The van der Waals surface area contributed by atoms with E-state index < -0.39 is 56.2 Å². The lowest BCUT2D eigenvalue weighted by atomic mass is 10.1. The van der Waals surface area contributed by atoms with Gasteiger partial charge in [-0.05, 0) is 55.1 Å². The molecule has 224 valence electrons. The van der Waals surface area contributed by atoms with Gasteiger partial charge in [0, 0.05) is 16.1 Å². The molecule has 2 heterocycles. The maximum Gasteiger partial charge on any atom is 0.459 e. The predicted molar refractivity (Wildman–Crippen MR) is 146 cm³/mol. The molecule has 5 N–H and O–H groups in total. The van der Waals surface area contributed by atoms with Crippen molar-refractivity contribution in [1.29, 1.82) is 0 Å². The highest BCUT2D eigenvalue weighted by Gasteiger charge is 2.56. The summed E-state index contributed by atoms with van der Waals surface area (Å²) in [5.41, 5.74) is 11.4. The monoisotopic (exact) mass is 615 g/mol. The van der Waals surface area contributed by atoms with E-state index in [2.05, 4.69) is 20.1 Å². The molecule has 16 nitrogen and oxygen atoms in total. The Hall–Kier alpha value is -3.20. The van der Waals surface area contributed by atoms with Crippen LogP contribution in [-0.2, 0) is 23.4 Å². The Bertz CT molecular complexity index is 1370. The third kappa shape index (κ3) is 7.97. The van der Waals surface area contributed by atoms with E-state index in [1.165, 1.54) is 30.3 Å². The van der Waals surface area contributed by atoms with Crippen molar-refractivity contribution in [2.75, 3.05) is 18.9 Å². The summed E-state index contributed by atoms with van der Waals surface area (Å²) in [4.78, 5) is 31.3. The molecule has 1 aromatic heterocycles. The minimum absolute atomic E-state index is 0.0283. The number of aliphatic hydroxyl groups is 2. The van der Waals surface area contributed by atoms with Crippen LogP contribution in [0, 0.1) is 5.92 Å². The number of benzene rings is 1. The maximum atomic E-state index is 14.1. The summed E-state index contributed by atoms with van der Waals surface area (Å²) in [6, 6.07) is 5.80. The summed E-state index contributed by atoms with van der Waals surface area (Å²) in [5, 5.41) is 28.0. The molecule has 1 fully saturated rings. The number of rotatable bonds is 13. The average molecular weight is 616 g/mol. The molecule has 2 aromatic rings. The van der Waals surface area contributed by atoms with Crippen LogP contribution < -0.4 is 21.0 Å². The van der Waals surface area contributed by atoms with E-state index in [0.717, 1.165) is 10.8 Å². The SMILES string of the molecule is CCOC(=O)[C@H](CC(C)C)NP(=O)(OC[C@@]1(N=[N+]=[N-])O[C@@H](n2ccc(N)nc2=O)[C@H](O)[C@@H]1O)Oc1ccc(Cl)cc1. The molecule has 0 bridgehead atoms. The van der Waals surface area contributed by atoms with Crippen molar-refractivity contribution in [3.8, 4) is 5.75 Å². The zero-order chi connectivity index (χ0) is 30.4. The third-order valence-electron chi connectivity index (χ3n) is 5.82. The van der Waals surface area contributed by atoms with Crippen LogP contribution in [0.25, 0.3) is 10.4 Å². The van der Waals surface area contributed by atoms with Gasteiger partial charge in [0.2, 0.25) is 5.72 Å². The molecule has 18 heteroatoms. The first-order chi connectivity index (χ1) is 19.3. The Kier molecular flexibility index (Phi) is 10.8. The summed E-state index contributed by atoms with van der Waals surface area (Å²) in [5.74, 6) is -0.858. The second-order valence-electron chi connectivity index (χ2n) is 9.40. The summed E-state index contributed by atoms with van der Waals surface area (Å²) in [6.45, 7) is 4.36. The number of aromatic nitrogens is 2. The molecule has 0 saturated carbocycles. The molecule has 0 radical (unpaired) electrons. The number of halogens is 1. The van der Waals surface area contributed by atoms with Crippen molar-refractivity contribution in [3.05, 3.63) is 62.5 Å². The van der Waals surface area contributed by atoms with E-state index in [1.807, 2.05) is 13.8 Å². The Balaban J connectivity index is 1.96. The zero-order valence-corrected chi connectivity index (χ0v) is 24.0. The van der Waals surface area contributed by atoms with Gasteiger partial charge in [-0.1, -0.05) is 30.6 Å². The topological polar surface area (TPSA) is 233 Å². The highest BCUT2D eigenvalue weighted by molar-refractivity contribution is 7.52. The Morgan fingerprint density at radius 1 is 1.37 bits per heavy atom. The minimum atomic E-state index is -4.57. The first-order valence-electron chi connectivity index (χ1n) is 12.4. The first-order valence-corrected chi connectivity index (χ1v) is 14.3. The van der Waals surface area contributed by atoms with Crippen LogP contribution >= 0.6 is 19.3 Å². The maximum absolute atomic E-state index is 14.1. The van der Waals surface area contributed by atoms with Crippen LogP contribution in [0.5, 0.6) is 5.75 Å². The number of ether oxygens (including phenoxy) is 2. The smallest absolute Gasteiger partial charge is 0.459 e. The third-order valence-corrected chi connectivity index (χ3v) is 7.62. The molecular formula is C23H31ClN7O9P. The lowest BCUT2D eigenvalue weighted by molar-refractivity contribution is -0.145. The van der Waals surface area contributed by atoms with E-state index in [1.54, 1.807) is 6.92 Å². The molecule has 0 aliphatic carbocycles. The van der Waals surface area contributed by atoms with Crippen molar-refractivity contribution in [1.82, 2.24) is 14.6 Å². The number of carbonyl (C=O) groups is 1. The number of nitrogen functional groups attached to an aromatic ring is 1. The van der Waals surface area contributed by atoms with E-state index in [9.17, 15) is 29.9 Å². The fourth-order valence-corrected chi connectivity index (χ4v) is 5.58. The summed E-state index contributed by atoms with van der Waals surface area (Å²) in [6.07, 6.45) is -4.08. The molecule has 1 aliphatic heterocycles. The van der Waals surface area contributed by atoms with Gasteiger partial charge in [0.15, 0.2) is 6.23 Å². The van der Waals surface area contributed by atoms with Crippen LogP contribution in [0.4, 0.5) is 5.82 Å². The van der Waals surface area contributed by atoms with Crippen LogP contribution in [-0.4, -0.2) is 62.9 Å². The van der Waals surface area contributed by atoms with Crippen molar-refractivity contribution in [2.24, 2.45) is 11.0 Å². The number of hydrogen-bond acceptors (Lipinski definition) is 12. The van der Waals surface area contributed by atoms with Gasteiger partial charge in [0.05, 0.1) is 13.2 Å². The molecule has 0 amide bonds. The average Bonchev–Trinajstić information content (AvgIpc) is 3.14. The van der Waals surface area contributed by atoms with Gasteiger partial charge in [-0.2, -0.15) is 10.1 Å². The second kappa shape index (κ2) is 13.6. The zero-order valence-electron chi connectivity index (χ0n) is 22.4. The number of anilines is 1. The number of carbonyl (C=O) groups excluding carboxylic acids is 1. The number of azide groups is 1. The fraction of sp³-hybridized carbons (Fsp3) is 0.522. The summed E-state index contributed by atoms with van der Waals surface area (Å²) in [7, 11) is -4.57. The largest absolute Gasteiger partial charge is 0.465 e. The molecule has 3 rings (SSSR count). The van der Waals surface area contributed by atoms with Crippen LogP contribution in [0.1, 0.15) is 33.4 Å². The number of esters is 1. The van der Waals surface area contributed by atoms with Gasteiger partial charge in [0.25, 0.3) is 0 Å².